The summed E-state index contributed by atoms with van der Waals surface area (Å²) in [6.45, 7) is 6.52. The minimum atomic E-state index is 0.825. The smallest absolute Gasteiger partial charge is 0.166 e. The lowest BCUT2D eigenvalue weighted by molar-refractivity contribution is 0.505. The molecule has 0 heterocycles. The van der Waals surface area contributed by atoms with Gasteiger partial charge in [0, 0.05) is 13.1 Å². The third-order valence-corrected chi connectivity index (χ3v) is 3.18. The molecule has 0 saturated heterocycles. The largest absolute Gasteiger partial charge is 0.363 e. The van der Waals surface area contributed by atoms with E-state index in [1.54, 1.807) is 0 Å². The van der Waals surface area contributed by atoms with Crippen LogP contribution in [0.1, 0.15) is 39.5 Å². The maximum Gasteiger partial charge on any atom is 0.166 e. The molecule has 1 saturated carbocycles. The third-order valence-electron chi connectivity index (χ3n) is 2.89. The van der Waals surface area contributed by atoms with Crippen LogP contribution < -0.4 is 10.6 Å². The van der Waals surface area contributed by atoms with E-state index < -0.39 is 0 Å². The van der Waals surface area contributed by atoms with Crippen molar-refractivity contribution in [3.8, 4) is 0 Å². The molecule has 0 aromatic carbocycles. The minimum Gasteiger partial charge on any atom is -0.363 e. The molecular weight excluding hydrogens is 192 g/mol. The fourth-order valence-electron chi connectivity index (χ4n) is 2.05. The maximum absolute atomic E-state index is 5.16. The predicted molar refractivity (Wildman–Crippen MR) is 65.4 cm³/mol. The summed E-state index contributed by atoms with van der Waals surface area (Å²) in [7, 11) is 0. The molecule has 0 aromatic heterocycles. The van der Waals surface area contributed by atoms with Crippen molar-refractivity contribution in [2.24, 2.45) is 11.8 Å². The zero-order chi connectivity index (χ0) is 10.4. The van der Waals surface area contributed by atoms with E-state index >= 15 is 0 Å². The second kappa shape index (κ2) is 6.23. The van der Waals surface area contributed by atoms with Crippen LogP contribution in [-0.4, -0.2) is 18.2 Å². The summed E-state index contributed by atoms with van der Waals surface area (Å²) in [5.74, 6) is 1.75. The fraction of sp³-hybridized carbons (Fsp3) is 0.909. The van der Waals surface area contributed by atoms with Crippen molar-refractivity contribution in [1.82, 2.24) is 10.6 Å². The first-order chi connectivity index (χ1) is 6.72. The van der Waals surface area contributed by atoms with Crippen LogP contribution in [0.25, 0.3) is 0 Å². The van der Waals surface area contributed by atoms with Crippen LogP contribution in [-0.2, 0) is 0 Å². The van der Waals surface area contributed by atoms with Gasteiger partial charge < -0.3 is 10.6 Å². The van der Waals surface area contributed by atoms with Gasteiger partial charge in [-0.25, -0.2) is 0 Å². The summed E-state index contributed by atoms with van der Waals surface area (Å²) in [6, 6.07) is 0. The molecule has 2 nitrogen and oxygen atoms in total. The SMILES string of the molecule is CCCNC(=S)NCC1CCC(C)C1. The Balaban J connectivity index is 2.05. The molecule has 1 rings (SSSR count). The first-order valence-corrected chi connectivity index (χ1v) is 6.15. The van der Waals surface area contributed by atoms with Crippen molar-refractivity contribution in [2.45, 2.75) is 39.5 Å². The molecule has 0 aliphatic heterocycles. The Labute approximate surface area is 92.8 Å². The summed E-state index contributed by atoms with van der Waals surface area (Å²) in [4.78, 5) is 0. The summed E-state index contributed by atoms with van der Waals surface area (Å²) in [5.41, 5.74) is 0. The van der Waals surface area contributed by atoms with Gasteiger partial charge in [0.15, 0.2) is 5.11 Å². The second-order valence-electron chi connectivity index (χ2n) is 4.42. The molecule has 0 amide bonds. The van der Waals surface area contributed by atoms with E-state index in [1.165, 1.54) is 19.3 Å². The van der Waals surface area contributed by atoms with Crippen LogP contribution in [0.5, 0.6) is 0 Å². The first kappa shape index (κ1) is 11.8. The van der Waals surface area contributed by atoms with Crippen molar-refractivity contribution in [2.75, 3.05) is 13.1 Å². The standard InChI is InChI=1S/C11H22N2S/c1-3-6-12-11(14)13-8-10-5-4-9(2)7-10/h9-10H,3-8H2,1-2H3,(H2,12,13,14). The van der Waals surface area contributed by atoms with E-state index in [1.807, 2.05) is 0 Å². The summed E-state index contributed by atoms with van der Waals surface area (Å²) in [5, 5.41) is 7.31. The summed E-state index contributed by atoms with van der Waals surface area (Å²) < 4.78 is 0. The average molecular weight is 214 g/mol. The lowest BCUT2D eigenvalue weighted by Crippen LogP contribution is -2.37. The molecule has 0 radical (unpaired) electrons. The Morgan fingerprint density at radius 1 is 1.36 bits per heavy atom. The van der Waals surface area contributed by atoms with Crippen LogP contribution in [0, 0.1) is 11.8 Å². The molecule has 1 aliphatic rings. The zero-order valence-corrected chi connectivity index (χ0v) is 10.1. The van der Waals surface area contributed by atoms with Gasteiger partial charge >= 0.3 is 0 Å². The van der Waals surface area contributed by atoms with Gasteiger partial charge in [-0.3, -0.25) is 0 Å². The van der Waals surface area contributed by atoms with Gasteiger partial charge in [-0.05, 0) is 43.3 Å². The quantitative estimate of drug-likeness (QED) is 0.702. The Kier molecular flexibility index (Phi) is 5.23. The third kappa shape index (κ3) is 4.27. The lowest BCUT2D eigenvalue weighted by Gasteiger charge is -2.13. The molecule has 3 heteroatoms. The topological polar surface area (TPSA) is 24.1 Å². The monoisotopic (exact) mass is 214 g/mol. The van der Waals surface area contributed by atoms with E-state index in [9.17, 15) is 0 Å². The lowest BCUT2D eigenvalue weighted by atomic mass is 10.1. The summed E-state index contributed by atoms with van der Waals surface area (Å²) >= 11 is 5.16. The van der Waals surface area contributed by atoms with E-state index in [-0.39, 0.29) is 0 Å². The Hall–Kier alpha value is -0.310. The van der Waals surface area contributed by atoms with Gasteiger partial charge in [-0.2, -0.15) is 0 Å². The molecular formula is C11H22N2S. The molecule has 2 unspecified atom stereocenters. The molecule has 1 aliphatic carbocycles. The molecule has 0 aromatic rings. The fourth-order valence-corrected chi connectivity index (χ4v) is 2.23. The van der Waals surface area contributed by atoms with E-state index in [4.69, 9.17) is 12.2 Å². The van der Waals surface area contributed by atoms with E-state index in [2.05, 4.69) is 24.5 Å². The van der Waals surface area contributed by atoms with Gasteiger partial charge in [-0.15, -0.1) is 0 Å². The number of thiocarbonyl (C=S) groups is 1. The van der Waals surface area contributed by atoms with Crippen LogP contribution in [0.4, 0.5) is 0 Å². The number of hydrogen-bond acceptors (Lipinski definition) is 1. The van der Waals surface area contributed by atoms with Gasteiger partial charge in [-0.1, -0.05) is 20.3 Å². The van der Waals surface area contributed by atoms with E-state index in [0.29, 0.717) is 0 Å². The Bertz CT molecular complexity index is 182. The first-order valence-electron chi connectivity index (χ1n) is 5.74. The molecule has 0 spiro atoms. The van der Waals surface area contributed by atoms with Crippen LogP contribution in [0.3, 0.4) is 0 Å². The van der Waals surface area contributed by atoms with Crippen LogP contribution in [0.15, 0.2) is 0 Å². The number of hydrogen-bond donors (Lipinski definition) is 2. The highest BCUT2D eigenvalue weighted by Crippen LogP contribution is 2.29. The average Bonchev–Trinajstić information content (AvgIpc) is 2.58. The molecule has 14 heavy (non-hydrogen) atoms. The Morgan fingerprint density at radius 2 is 2.14 bits per heavy atom. The Morgan fingerprint density at radius 3 is 2.71 bits per heavy atom. The zero-order valence-electron chi connectivity index (χ0n) is 9.31. The molecule has 82 valence electrons. The van der Waals surface area contributed by atoms with Crippen LogP contribution in [0.2, 0.25) is 0 Å². The van der Waals surface area contributed by atoms with Gasteiger partial charge in [0.25, 0.3) is 0 Å². The highest BCUT2D eigenvalue weighted by atomic mass is 32.1. The molecule has 2 N–H and O–H groups in total. The maximum atomic E-state index is 5.16. The highest BCUT2D eigenvalue weighted by molar-refractivity contribution is 7.80. The minimum absolute atomic E-state index is 0.825. The van der Waals surface area contributed by atoms with Crippen molar-refractivity contribution in [1.29, 1.82) is 0 Å². The van der Waals surface area contributed by atoms with Gasteiger partial charge in [0.2, 0.25) is 0 Å². The normalized spacial score (nSPS) is 26.1. The number of rotatable bonds is 4. The predicted octanol–water partition coefficient (Wildman–Crippen LogP) is 2.30. The molecule has 1 fully saturated rings. The second-order valence-corrected chi connectivity index (χ2v) is 4.83. The summed E-state index contributed by atoms with van der Waals surface area (Å²) in [6.07, 6.45) is 5.25. The van der Waals surface area contributed by atoms with E-state index in [0.717, 1.165) is 36.5 Å². The molecule has 0 bridgehead atoms. The van der Waals surface area contributed by atoms with Gasteiger partial charge in [0.1, 0.15) is 0 Å². The van der Waals surface area contributed by atoms with Crippen molar-refractivity contribution in [3.05, 3.63) is 0 Å². The number of nitrogens with one attached hydrogen (secondary N) is 2. The highest BCUT2D eigenvalue weighted by Gasteiger charge is 2.20. The van der Waals surface area contributed by atoms with Gasteiger partial charge in [0.05, 0.1) is 0 Å². The van der Waals surface area contributed by atoms with Crippen molar-refractivity contribution < 1.29 is 0 Å². The van der Waals surface area contributed by atoms with Crippen LogP contribution >= 0.6 is 12.2 Å². The van der Waals surface area contributed by atoms with Crippen molar-refractivity contribution >= 4 is 17.3 Å². The molecule has 2 atom stereocenters. The van der Waals surface area contributed by atoms with Crippen molar-refractivity contribution in [3.63, 3.8) is 0 Å².